The quantitative estimate of drug-likeness (QED) is 0.315. The molecular weight excluding hydrogens is 310 g/mol. The second-order valence-electron chi connectivity index (χ2n) is 6.33. The molecule has 0 unspecified atom stereocenters. The van der Waals surface area contributed by atoms with E-state index >= 15 is 0 Å². The van der Waals surface area contributed by atoms with Gasteiger partial charge in [-0.25, -0.2) is 0 Å². The van der Waals surface area contributed by atoms with Gasteiger partial charge in [0.25, 0.3) is 0 Å². The van der Waals surface area contributed by atoms with E-state index in [1.807, 2.05) is 11.3 Å². The molecule has 0 aliphatic heterocycles. The van der Waals surface area contributed by atoms with E-state index in [-0.39, 0.29) is 0 Å². The first-order valence-electron chi connectivity index (χ1n) is 8.13. The highest BCUT2D eigenvalue weighted by atomic mass is 32.1. The lowest BCUT2D eigenvalue weighted by atomic mass is 10.1. The van der Waals surface area contributed by atoms with Crippen molar-refractivity contribution in [2.24, 2.45) is 0 Å². The molecule has 0 bridgehead atoms. The molecule has 0 saturated carbocycles. The lowest BCUT2D eigenvalue weighted by Crippen LogP contribution is -1.72. The van der Waals surface area contributed by atoms with Crippen LogP contribution in [-0.4, -0.2) is 4.98 Å². The van der Waals surface area contributed by atoms with Gasteiger partial charge in [0.1, 0.15) is 0 Å². The van der Waals surface area contributed by atoms with Gasteiger partial charge in [0, 0.05) is 31.8 Å². The minimum absolute atomic E-state index is 1.22. The highest BCUT2D eigenvalue weighted by molar-refractivity contribution is 7.26. The number of thiophene rings is 1. The number of rotatable bonds is 0. The van der Waals surface area contributed by atoms with Crippen molar-refractivity contribution in [2.75, 3.05) is 0 Å². The maximum absolute atomic E-state index is 3.68. The Morgan fingerprint density at radius 3 is 2.29 bits per heavy atom. The van der Waals surface area contributed by atoms with Gasteiger partial charge >= 0.3 is 0 Å². The number of fused-ring (bicyclic) bond motifs is 8. The van der Waals surface area contributed by atoms with Crippen LogP contribution in [0.4, 0.5) is 0 Å². The summed E-state index contributed by atoms with van der Waals surface area (Å²) in [6.45, 7) is 0. The van der Waals surface area contributed by atoms with Gasteiger partial charge in [-0.05, 0) is 29.0 Å². The molecule has 2 heterocycles. The van der Waals surface area contributed by atoms with Gasteiger partial charge in [-0.3, -0.25) is 0 Å². The number of aromatic amines is 1. The maximum Gasteiger partial charge on any atom is 0.0646 e. The molecule has 0 atom stereocenters. The third-order valence-corrected chi connectivity index (χ3v) is 6.19. The van der Waals surface area contributed by atoms with Crippen LogP contribution in [0.25, 0.3) is 52.8 Å². The van der Waals surface area contributed by atoms with Gasteiger partial charge in [-0.1, -0.05) is 54.6 Å². The molecule has 0 fully saturated rings. The number of benzene rings is 4. The first-order valence-corrected chi connectivity index (χ1v) is 8.94. The molecule has 6 rings (SSSR count). The van der Waals surface area contributed by atoms with E-state index in [9.17, 15) is 0 Å². The summed E-state index contributed by atoms with van der Waals surface area (Å²) in [4.78, 5) is 3.68. The van der Waals surface area contributed by atoms with Crippen LogP contribution in [0.1, 0.15) is 0 Å². The van der Waals surface area contributed by atoms with Crippen molar-refractivity contribution < 1.29 is 0 Å². The Hall–Kier alpha value is -2.84. The zero-order valence-electron chi connectivity index (χ0n) is 12.8. The Kier molecular flexibility index (Phi) is 2.29. The molecule has 0 saturated heterocycles. The summed E-state index contributed by atoms with van der Waals surface area (Å²) in [6, 6.07) is 26.4. The van der Waals surface area contributed by atoms with Gasteiger partial charge in [0.15, 0.2) is 0 Å². The molecule has 0 amide bonds. The summed E-state index contributed by atoms with van der Waals surface area (Å²) in [6.07, 6.45) is 0. The van der Waals surface area contributed by atoms with Crippen LogP contribution < -0.4 is 0 Å². The summed E-state index contributed by atoms with van der Waals surface area (Å²) < 4.78 is 2.71. The molecule has 0 radical (unpaired) electrons. The van der Waals surface area contributed by atoms with Crippen LogP contribution in [-0.2, 0) is 0 Å². The predicted molar refractivity (Wildman–Crippen MR) is 106 cm³/mol. The molecule has 1 N–H and O–H groups in total. The van der Waals surface area contributed by atoms with Crippen molar-refractivity contribution >= 4 is 64.1 Å². The molecule has 112 valence electrons. The fourth-order valence-electron chi connectivity index (χ4n) is 3.84. The van der Waals surface area contributed by atoms with E-state index in [0.29, 0.717) is 0 Å². The Morgan fingerprint density at radius 1 is 0.625 bits per heavy atom. The summed E-state index contributed by atoms with van der Waals surface area (Å²) in [5.41, 5.74) is 2.48. The summed E-state index contributed by atoms with van der Waals surface area (Å²) in [5, 5.41) is 7.90. The SMILES string of the molecule is c1ccc2cc3c(cc2c1)[nH]c1c3ccc2c3ccccc3sc21. The number of H-pyrrole nitrogens is 1. The normalized spacial score (nSPS) is 12.2. The Balaban J connectivity index is 1.85. The Morgan fingerprint density at radius 2 is 1.38 bits per heavy atom. The van der Waals surface area contributed by atoms with Crippen molar-refractivity contribution in [3.63, 3.8) is 0 Å². The van der Waals surface area contributed by atoms with Gasteiger partial charge < -0.3 is 4.98 Å². The number of hydrogen-bond donors (Lipinski definition) is 1. The number of nitrogens with one attached hydrogen (secondary N) is 1. The molecule has 0 aliphatic rings. The number of aromatic nitrogens is 1. The largest absolute Gasteiger partial charge is 0.353 e. The minimum Gasteiger partial charge on any atom is -0.353 e. The van der Waals surface area contributed by atoms with E-state index < -0.39 is 0 Å². The van der Waals surface area contributed by atoms with Gasteiger partial charge in [0.05, 0.1) is 10.2 Å². The average molecular weight is 323 g/mol. The highest BCUT2D eigenvalue weighted by Gasteiger charge is 2.12. The molecule has 4 aromatic carbocycles. The molecule has 0 aliphatic carbocycles. The molecule has 2 heteroatoms. The third-order valence-electron chi connectivity index (χ3n) is 4.98. The second-order valence-corrected chi connectivity index (χ2v) is 7.39. The molecule has 1 nitrogen and oxygen atoms in total. The summed E-state index contributed by atoms with van der Waals surface area (Å²) >= 11 is 1.88. The third kappa shape index (κ3) is 1.53. The minimum atomic E-state index is 1.22. The van der Waals surface area contributed by atoms with E-state index in [1.54, 1.807) is 0 Å². The van der Waals surface area contributed by atoms with Crippen molar-refractivity contribution in [1.29, 1.82) is 0 Å². The summed E-state index contributed by atoms with van der Waals surface area (Å²) in [5.74, 6) is 0. The first kappa shape index (κ1) is 12.6. The fourth-order valence-corrected chi connectivity index (χ4v) is 5.04. The van der Waals surface area contributed by atoms with Crippen LogP contribution in [0.15, 0.2) is 72.8 Å². The van der Waals surface area contributed by atoms with Crippen LogP contribution in [0.2, 0.25) is 0 Å². The highest BCUT2D eigenvalue weighted by Crippen LogP contribution is 2.40. The van der Waals surface area contributed by atoms with Crippen LogP contribution in [0.5, 0.6) is 0 Å². The molecular formula is C22H13NS. The molecule has 24 heavy (non-hydrogen) atoms. The van der Waals surface area contributed by atoms with Crippen molar-refractivity contribution in [2.45, 2.75) is 0 Å². The van der Waals surface area contributed by atoms with Crippen molar-refractivity contribution in [3.8, 4) is 0 Å². The van der Waals surface area contributed by atoms with Gasteiger partial charge in [-0.15, -0.1) is 11.3 Å². The monoisotopic (exact) mass is 323 g/mol. The first-order chi connectivity index (χ1) is 11.9. The van der Waals surface area contributed by atoms with E-state index in [2.05, 4.69) is 77.8 Å². The second kappa shape index (κ2) is 4.37. The zero-order chi connectivity index (χ0) is 15.7. The Labute approximate surface area is 142 Å². The standard InChI is InChI=1S/C22H13NS/c1-2-6-14-12-19-18(11-13(14)5-1)16-9-10-17-15-7-3-4-8-20(15)24-22(17)21(16)23-19/h1-12,23H. The van der Waals surface area contributed by atoms with Gasteiger partial charge in [0.2, 0.25) is 0 Å². The van der Waals surface area contributed by atoms with Gasteiger partial charge in [-0.2, -0.15) is 0 Å². The topological polar surface area (TPSA) is 15.8 Å². The van der Waals surface area contributed by atoms with E-state index in [1.165, 1.54) is 52.8 Å². The maximum atomic E-state index is 3.68. The van der Waals surface area contributed by atoms with Crippen molar-refractivity contribution in [1.82, 2.24) is 4.98 Å². The van der Waals surface area contributed by atoms with Crippen LogP contribution in [0, 0.1) is 0 Å². The van der Waals surface area contributed by atoms with E-state index in [4.69, 9.17) is 0 Å². The summed E-state index contributed by atoms with van der Waals surface area (Å²) in [7, 11) is 0. The smallest absolute Gasteiger partial charge is 0.0646 e. The van der Waals surface area contributed by atoms with Crippen molar-refractivity contribution in [3.05, 3.63) is 72.8 Å². The molecule has 6 aromatic rings. The Bertz CT molecular complexity index is 1400. The molecule has 2 aromatic heterocycles. The van der Waals surface area contributed by atoms with Crippen LogP contribution in [0.3, 0.4) is 0 Å². The lowest BCUT2D eigenvalue weighted by molar-refractivity contribution is 1.58. The average Bonchev–Trinajstić information content (AvgIpc) is 3.17. The predicted octanol–water partition coefficient (Wildman–Crippen LogP) is 6.84. The lowest BCUT2D eigenvalue weighted by Gasteiger charge is -1.98. The van der Waals surface area contributed by atoms with Crippen LogP contribution >= 0.6 is 11.3 Å². The zero-order valence-corrected chi connectivity index (χ0v) is 13.7. The van der Waals surface area contributed by atoms with E-state index in [0.717, 1.165) is 0 Å². The number of hydrogen-bond acceptors (Lipinski definition) is 1. The molecule has 0 spiro atoms. The fraction of sp³-hybridized carbons (Fsp3) is 0.